The maximum Gasteiger partial charge on any atom is 0.313 e. The molecule has 27 heavy (non-hydrogen) atoms. The molecule has 1 aliphatic rings. The lowest BCUT2D eigenvalue weighted by atomic mass is 9.98. The van der Waals surface area contributed by atoms with Crippen LogP contribution in [-0.2, 0) is 16.0 Å². The fraction of sp³-hybridized carbons (Fsp3) is 0.652. The smallest absolute Gasteiger partial charge is 0.313 e. The van der Waals surface area contributed by atoms with Gasteiger partial charge in [0, 0.05) is 11.7 Å². The predicted octanol–water partition coefficient (Wildman–Crippen LogP) is 5.29. The van der Waals surface area contributed by atoms with Crippen LogP contribution in [0.4, 0.5) is 5.69 Å². The van der Waals surface area contributed by atoms with Crippen LogP contribution in [0.3, 0.4) is 0 Å². The molecule has 4 heteroatoms. The van der Waals surface area contributed by atoms with Crippen LogP contribution in [0.2, 0.25) is 0 Å². The standard InChI is InChI=1S/C23H36N2O2/c1-3-19-15-13-14-18(2)21(19)25-23(27)22(26)24-20-16-11-9-7-5-4-6-8-10-12-17-20/h13-15,20H,3-12,16-17H2,1-2H3,(H,24,26)(H,25,27). The lowest BCUT2D eigenvalue weighted by Gasteiger charge is -2.20. The van der Waals surface area contributed by atoms with Crippen molar-refractivity contribution in [3.8, 4) is 0 Å². The van der Waals surface area contributed by atoms with E-state index in [9.17, 15) is 9.59 Å². The van der Waals surface area contributed by atoms with Crippen LogP contribution in [0.1, 0.15) is 88.7 Å². The van der Waals surface area contributed by atoms with E-state index in [1.54, 1.807) is 0 Å². The molecule has 2 N–H and O–H groups in total. The normalized spacial score (nSPS) is 17.4. The molecule has 0 heterocycles. The number of carbonyl (C=O) groups excluding carboxylic acids is 2. The number of nitrogens with one attached hydrogen (secondary N) is 2. The van der Waals surface area contributed by atoms with Crippen LogP contribution in [0, 0.1) is 6.92 Å². The second-order valence-electron chi connectivity index (χ2n) is 7.85. The number of rotatable bonds is 3. The summed E-state index contributed by atoms with van der Waals surface area (Å²) in [4.78, 5) is 24.9. The zero-order valence-electron chi connectivity index (χ0n) is 17.1. The Morgan fingerprint density at radius 3 is 2.00 bits per heavy atom. The van der Waals surface area contributed by atoms with E-state index in [2.05, 4.69) is 17.6 Å². The molecule has 0 spiro atoms. The molecule has 1 aromatic carbocycles. The summed E-state index contributed by atoms with van der Waals surface area (Å²) in [6.07, 6.45) is 14.1. The first-order valence-electron chi connectivity index (χ1n) is 10.8. The van der Waals surface area contributed by atoms with Gasteiger partial charge in [-0.2, -0.15) is 0 Å². The highest BCUT2D eigenvalue weighted by Crippen LogP contribution is 2.21. The molecule has 0 bridgehead atoms. The monoisotopic (exact) mass is 372 g/mol. The zero-order valence-corrected chi connectivity index (χ0v) is 17.1. The van der Waals surface area contributed by atoms with Crippen molar-refractivity contribution in [1.29, 1.82) is 0 Å². The first-order valence-corrected chi connectivity index (χ1v) is 10.8. The van der Waals surface area contributed by atoms with Crippen LogP contribution in [-0.4, -0.2) is 17.9 Å². The zero-order chi connectivity index (χ0) is 19.5. The van der Waals surface area contributed by atoms with E-state index in [4.69, 9.17) is 0 Å². The van der Waals surface area contributed by atoms with E-state index in [1.165, 1.54) is 44.9 Å². The number of hydrogen-bond donors (Lipinski definition) is 2. The highest BCUT2D eigenvalue weighted by atomic mass is 16.2. The van der Waals surface area contributed by atoms with Crippen LogP contribution < -0.4 is 10.6 Å². The summed E-state index contributed by atoms with van der Waals surface area (Å²) in [6.45, 7) is 4.01. The van der Waals surface area contributed by atoms with Gasteiger partial charge in [-0.15, -0.1) is 0 Å². The summed E-state index contributed by atoms with van der Waals surface area (Å²) in [7, 11) is 0. The second kappa shape index (κ2) is 11.8. The van der Waals surface area contributed by atoms with Gasteiger partial charge in [0.1, 0.15) is 0 Å². The van der Waals surface area contributed by atoms with Crippen molar-refractivity contribution in [3.63, 3.8) is 0 Å². The van der Waals surface area contributed by atoms with Gasteiger partial charge in [-0.05, 0) is 37.3 Å². The third-order valence-electron chi connectivity index (χ3n) is 5.63. The van der Waals surface area contributed by atoms with Crippen molar-refractivity contribution in [3.05, 3.63) is 29.3 Å². The molecule has 150 valence electrons. The largest absolute Gasteiger partial charge is 0.345 e. The summed E-state index contributed by atoms with van der Waals surface area (Å²) in [5.41, 5.74) is 2.82. The molecule has 4 nitrogen and oxygen atoms in total. The van der Waals surface area contributed by atoms with Crippen LogP contribution in [0.25, 0.3) is 0 Å². The van der Waals surface area contributed by atoms with Gasteiger partial charge < -0.3 is 10.6 Å². The van der Waals surface area contributed by atoms with Gasteiger partial charge in [-0.25, -0.2) is 0 Å². The number of para-hydroxylation sites is 1. The van der Waals surface area contributed by atoms with Gasteiger partial charge in [0.2, 0.25) is 0 Å². The molecule has 0 saturated heterocycles. The molecule has 0 atom stereocenters. The molecule has 1 aromatic rings. The van der Waals surface area contributed by atoms with Crippen molar-refractivity contribution in [1.82, 2.24) is 5.32 Å². The molecule has 1 aliphatic carbocycles. The van der Waals surface area contributed by atoms with Gasteiger partial charge in [0.05, 0.1) is 0 Å². The molecular formula is C23H36N2O2. The maximum absolute atomic E-state index is 12.5. The third kappa shape index (κ3) is 7.36. The van der Waals surface area contributed by atoms with E-state index in [1.807, 2.05) is 25.1 Å². The first-order chi connectivity index (χ1) is 13.1. The van der Waals surface area contributed by atoms with E-state index < -0.39 is 11.8 Å². The maximum atomic E-state index is 12.5. The van der Waals surface area contributed by atoms with E-state index in [-0.39, 0.29) is 6.04 Å². The summed E-state index contributed by atoms with van der Waals surface area (Å²) < 4.78 is 0. The minimum absolute atomic E-state index is 0.116. The van der Waals surface area contributed by atoms with E-state index >= 15 is 0 Å². The fourth-order valence-corrected chi connectivity index (χ4v) is 3.93. The number of benzene rings is 1. The van der Waals surface area contributed by atoms with Crippen LogP contribution in [0.15, 0.2) is 18.2 Å². The molecule has 0 unspecified atom stereocenters. The number of carbonyl (C=O) groups is 2. The Labute approximate surface area is 164 Å². The highest BCUT2D eigenvalue weighted by molar-refractivity contribution is 6.39. The predicted molar refractivity (Wildman–Crippen MR) is 112 cm³/mol. The topological polar surface area (TPSA) is 58.2 Å². The van der Waals surface area contributed by atoms with Crippen molar-refractivity contribution < 1.29 is 9.59 Å². The number of aryl methyl sites for hydroxylation is 2. The molecule has 0 aliphatic heterocycles. The van der Waals surface area contributed by atoms with Crippen LogP contribution in [0.5, 0.6) is 0 Å². The Hall–Kier alpha value is -1.84. The SMILES string of the molecule is CCc1cccc(C)c1NC(=O)C(=O)NC1CCCCCCCCCCC1. The van der Waals surface area contributed by atoms with Gasteiger partial charge in [-0.1, -0.05) is 82.9 Å². The molecule has 1 saturated carbocycles. The summed E-state index contributed by atoms with van der Waals surface area (Å²) >= 11 is 0. The molecule has 1 fully saturated rings. The Morgan fingerprint density at radius 2 is 1.44 bits per heavy atom. The minimum Gasteiger partial charge on any atom is -0.345 e. The van der Waals surface area contributed by atoms with Crippen molar-refractivity contribution in [2.24, 2.45) is 0 Å². The average Bonchev–Trinajstić information content (AvgIpc) is 2.65. The molecular weight excluding hydrogens is 336 g/mol. The lowest BCUT2D eigenvalue weighted by molar-refractivity contribution is -0.136. The van der Waals surface area contributed by atoms with Gasteiger partial charge >= 0.3 is 11.8 Å². The van der Waals surface area contributed by atoms with E-state index in [0.29, 0.717) is 0 Å². The molecule has 0 aromatic heterocycles. The number of hydrogen-bond acceptors (Lipinski definition) is 2. The Balaban J connectivity index is 1.92. The second-order valence-corrected chi connectivity index (χ2v) is 7.85. The van der Waals surface area contributed by atoms with Crippen LogP contribution >= 0.6 is 0 Å². The van der Waals surface area contributed by atoms with Gasteiger partial charge in [0.15, 0.2) is 0 Å². The highest BCUT2D eigenvalue weighted by Gasteiger charge is 2.20. The Morgan fingerprint density at radius 1 is 0.889 bits per heavy atom. The Bertz CT molecular complexity index is 600. The summed E-state index contributed by atoms with van der Waals surface area (Å²) in [6, 6.07) is 6.05. The van der Waals surface area contributed by atoms with Crippen molar-refractivity contribution >= 4 is 17.5 Å². The Kier molecular flexibility index (Phi) is 9.37. The molecule has 2 amide bonds. The van der Waals surface area contributed by atoms with Crippen molar-refractivity contribution in [2.45, 2.75) is 96.9 Å². The average molecular weight is 373 g/mol. The quantitative estimate of drug-likeness (QED) is 0.709. The summed E-state index contributed by atoms with van der Waals surface area (Å²) in [5, 5.41) is 5.83. The van der Waals surface area contributed by atoms with Gasteiger partial charge in [-0.3, -0.25) is 9.59 Å². The third-order valence-corrected chi connectivity index (χ3v) is 5.63. The number of amides is 2. The lowest BCUT2D eigenvalue weighted by Crippen LogP contribution is -2.42. The molecule has 2 rings (SSSR count). The van der Waals surface area contributed by atoms with Crippen molar-refractivity contribution in [2.75, 3.05) is 5.32 Å². The summed E-state index contributed by atoms with van der Waals surface area (Å²) in [5.74, 6) is -1.05. The minimum atomic E-state index is -0.551. The molecule has 0 radical (unpaired) electrons. The van der Waals surface area contributed by atoms with Gasteiger partial charge in [0.25, 0.3) is 0 Å². The van der Waals surface area contributed by atoms with E-state index in [0.717, 1.165) is 48.9 Å². The number of anilines is 1. The first kappa shape index (κ1) is 21.5. The fourth-order valence-electron chi connectivity index (χ4n) is 3.93.